The number of hydrogen-bond donors (Lipinski definition) is 2. The van der Waals surface area contributed by atoms with E-state index in [1.807, 2.05) is 0 Å². The topological polar surface area (TPSA) is 108 Å². The zero-order chi connectivity index (χ0) is 18.4. The molecule has 3 aromatic rings. The maximum absolute atomic E-state index is 13.0. The first-order valence-electron chi connectivity index (χ1n) is 7.57. The second-order valence-corrected chi connectivity index (χ2v) is 5.53. The van der Waals surface area contributed by atoms with Gasteiger partial charge in [0.2, 0.25) is 18.0 Å². The Balaban J connectivity index is 2.02. The number of hydrogen-bond acceptors (Lipinski definition) is 8. The number of phenolic OH excluding ortho intramolecular Hbond substituents is 2. The van der Waals surface area contributed by atoms with Crippen LogP contribution in [-0.2, 0) is 0 Å². The predicted octanol–water partition coefficient (Wildman–Crippen LogP) is 2.62. The molecule has 134 valence electrons. The van der Waals surface area contributed by atoms with Gasteiger partial charge in [-0.1, -0.05) is 0 Å². The summed E-state index contributed by atoms with van der Waals surface area (Å²) in [6, 6.07) is 4.42. The molecule has 0 aliphatic carbocycles. The Labute approximate surface area is 146 Å². The van der Waals surface area contributed by atoms with E-state index in [0.717, 1.165) is 0 Å². The van der Waals surface area contributed by atoms with Gasteiger partial charge in [0, 0.05) is 17.7 Å². The molecule has 2 N–H and O–H groups in total. The first kappa shape index (κ1) is 15.9. The predicted molar refractivity (Wildman–Crippen MR) is 90.5 cm³/mol. The lowest BCUT2D eigenvalue weighted by molar-refractivity contribution is 0.174. The van der Waals surface area contributed by atoms with Crippen LogP contribution >= 0.6 is 0 Å². The number of ether oxygens (including phenoxy) is 4. The van der Waals surface area contributed by atoms with E-state index in [9.17, 15) is 15.0 Å². The van der Waals surface area contributed by atoms with Gasteiger partial charge in [-0.05, 0) is 6.07 Å². The molecular formula is C18H14O8. The van der Waals surface area contributed by atoms with Crippen LogP contribution in [0.15, 0.2) is 33.7 Å². The summed E-state index contributed by atoms with van der Waals surface area (Å²) in [5.74, 6) is 0.302. The second kappa shape index (κ2) is 5.76. The van der Waals surface area contributed by atoms with Crippen LogP contribution in [0.1, 0.15) is 0 Å². The average Bonchev–Trinajstić information content (AvgIpc) is 3.08. The van der Waals surface area contributed by atoms with Crippen molar-refractivity contribution in [1.82, 2.24) is 0 Å². The van der Waals surface area contributed by atoms with E-state index in [4.69, 9.17) is 23.4 Å². The van der Waals surface area contributed by atoms with E-state index in [1.54, 1.807) is 12.1 Å². The fourth-order valence-electron chi connectivity index (χ4n) is 2.93. The smallest absolute Gasteiger partial charge is 0.231 e. The van der Waals surface area contributed by atoms with E-state index in [0.29, 0.717) is 22.8 Å². The van der Waals surface area contributed by atoms with E-state index in [2.05, 4.69) is 0 Å². The SMILES string of the molecule is COc1cc2c(cc1-c1coc3cc(O)c(OC)c(O)c3c1=O)OCO2. The molecular weight excluding hydrogens is 344 g/mol. The standard InChI is InChI=1S/C18H14O8/c1-22-11-5-13-12(25-7-26-13)3-8(11)9-6-24-14-4-10(19)18(23-2)17(21)15(14)16(9)20/h3-6,19,21H,7H2,1-2H3. The maximum Gasteiger partial charge on any atom is 0.231 e. The molecule has 0 spiro atoms. The summed E-state index contributed by atoms with van der Waals surface area (Å²) >= 11 is 0. The van der Waals surface area contributed by atoms with Gasteiger partial charge in [0.05, 0.1) is 19.8 Å². The summed E-state index contributed by atoms with van der Waals surface area (Å²) in [4.78, 5) is 13.0. The molecule has 0 saturated carbocycles. The lowest BCUT2D eigenvalue weighted by Crippen LogP contribution is -2.06. The molecule has 0 bridgehead atoms. The average molecular weight is 358 g/mol. The number of methoxy groups -OCH3 is 2. The van der Waals surface area contributed by atoms with E-state index in [1.165, 1.54) is 26.5 Å². The van der Waals surface area contributed by atoms with Gasteiger partial charge < -0.3 is 33.6 Å². The summed E-state index contributed by atoms with van der Waals surface area (Å²) in [6.45, 7) is 0.0749. The number of benzene rings is 2. The Bertz CT molecular complexity index is 1080. The minimum absolute atomic E-state index is 0.0225. The van der Waals surface area contributed by atoms with Gasteiger partial charge in [-0.15, -0.1) is 0 Å². The van der Waals surface area contributed by atoms with E-state index < -0.39 is 11.2 Å². The van der Waals surface area contributed by atoms with Gasteiger partial charge in [0.1, 0.15) is 23.0 Å². The summed E-state index contributed by atoms with van der Waals surface area (Å²) in [6.07, 6.45) is 1.23. The third-order valence-electron chi connectivity index (χ3n) is 4.16. The Morgan fingerprint density at radius 3 is 2.42 bits per heavy atom. The molecule has 0 amide bonds. The van der Waals surface area contributed by atoms with Crippen molar-refractivity contribution in [1.29, 1.82) is 0 Å². The third kappa shape index (κ3) is 2.19. The number of rotatable bonds is 3. The van der Waals surface area contributed by atoms with Gasteiger partial charge in [-0.25, -0.2) is 0 Å². The van der Waals surface area contributed by atoms with Crippen LogP contribution in [0.5, 0.6) is 34.5 Å². The van der Waals surface area contributed by atoms with Gasteiger partial charge in [0.15, 0.2) is 23.0 Å². The summed E-state index contributed by atoms with van der Waals surface area (Å²) in [5, 5.41) is 20.1. The Hall–Kier alpha value is -3.55. The van der Waals surface area contributed by atoms with Crippen molar-refractivity contribution < 1.29 is 33.6 Å². The van der Waals surface area contributed by atoms with E-state index >= 15 is 0 Å². The van der Waals surface area contributed by atoms with Crippen LogP contribution in [0.25, 0.3) is 22.1 Å². The normalized spacial score (nSPS) is 12.4. The van der Waals surface area contributed by atoms with Gasteiger partial charge in [-0.3, -0.25) is 4.79 Å². The summed E-state index contributed by atoms with van der Waals surface area (Å²) in [7, 11) is 2.73. The van der Waals surface area contributed by atoms with E-state index in [-0.39, 0.29) is 34.8 Å². The molecule has 0 atom stereocenters. The lowest BCUT2D eigenvalue weighted by atomic mass is 10.0. The Morgan fingerprint density at radius 2 is 1.73 bits per heavy atom. The zero-order valence-corrected chi connectivity index (χ0v) is 13.9. The van der Waals surface area contributed by atoms with Crippen molar-refractivity contribution in [2.45, 2.75) is 0 Å². The highest BCUT2D eigenvalue weighted by Crippen LogP contribution is 2.44. The molecule has 0 radical (unpaired) electrons. The Kier molecular flexibility index (Phi) is 3.54. The maximum atomic E-state index is 13.0. The van der Waals surface area contributed by atoms with Crippen LogP contribution in [0.4, 0.5) is 0 Å². The molecule has 4 rings (SSSR count). The van der Waals surface area contributed by atoms with Gasteiger partial charge >= 0.3 is 0 Å². The van der Waals surface area contributed by atoms with Crippen molar-refractivity contribution in [3.05, 3.63) is 34.7 Å². The van der Waals surface area contributed by atoms with Gasteiger partial charge in [0.25, 0.3) is 0 Å². The minimum Gasteiger partial charge on any atom is -0.504 e. The molecule has 1 aliphatic rings. The Morgan fingerprint density at radius 1 is 1.00 bits per heavy atom. The first-order valence-corrected chi connectivity index (χ1v) is 7.57. The highest BCUT2D eigenvalue weighted by atomic mass is 16.7. The molecule has 1 aliphatic heterocycles. The number of aromatic hydroxyl groups is 2. The molecule has 26 heavy (non-hydrogen) atoms. The lowest BCUT2D eigenvalue weighted by Gasteiger charge is -2.11. The summed E-state index contributed by atoms with van der Waals surface area (Å²) in [5.41, 5.74) is 0.0722. The fraction of sp³-hybridized carbons (Fsp3) is 0.167. The summed E-state index contributed by atoms with van der Waals surface area (Å²) < 4.78 is 26.4. The third-order valence-corrected chi connectivity index (χ3v) is 4.16. The molecule has 2 aromatic carbocycles. The zero-order valence-electron chi connectivity index (χ0n) is 13.9. The van der Waals surface area contributed by atoms with Crippen molar-refractivity contribution in [2.24, 2.45) is 0 Å². The first-order chi connectivity index (χ1) is 12.5. The number of fused-ring (bicyclic) bond motifs is 2. The molecule has 8 heteroatoms. The molecule has 1 aromatic heterocycles. The molecule has 0 unspecified atom stereocenters. The van der Waals surface area contributed by atoms with Crippen molar-refractivity contribution in [3.63, 3.8) is 0 Å². The van der Waals surface area contributed by atoms with Crippen molar-refractivity contribution in [2.75, 3.05) is 21.0 Å². The van der Waals surface area contributed by atoms with Crippen molar-refractivity contribution >= 4 is 11.0 Å². The van der Waals surface area contributed by atoms with Crippen LogP contribution in [0, 0.1) is 0 Å². The molecule has 0 saturated heterocycles. The van der Waals surface area contributed by atoms with Crippen LogP contribution in [0.3, 0.4) is 0 Å². The fourth-order valence-corrected chi connectivity index (χ4v) is 2.93. The minimum atomic E-state index is -0.515. The highest BCUT2D eigenvalue weighted by molar-refractivity contribution is 5.91. The van der Waals surface area contributed by atoms with Crippen LogP contribution in [-0.4, -0.2) is 31.2 Å². The van der Waals surface area contributed by atoms with Crippen molar-refractivity contribution in [3.8, 4) is 45.6 Å². The molecule has 2 heterocycles. The number of phenols is 2. The quantitative estimate of drug-likeness (QED) is 0.736. The monoisotopic (exact) mass is 358 g/mol. The second-order valence-electron chi connectivity index (χ2n) is 5.53. The largest absolute Gasteiger partial charge is 0.504 e. The molecule has 0 fully saturated rings. The highest BCUT2D eigenvalue weighted by Gasteiger charge is 2.24. The molecule has 8 nitrogen and oxygen atoms in total. The van der Waals surface area contributed by atoms with Crippen LogP contribution in [0.2, 0.25) is 0 Å². The van der Waals surface area contributed by atoms with Gasteiger partial charge in [-0.2, -0.15) is 0 Å². The van der Waals surface area contributed by atoms with Crippen LogP contribution < -0.4 is 24.4 Å².